The number of benzene rings is 2. The number of rotatable bonds is 7. The van der Waals surface area contributed by atoms with Gasteiger partial charge in [-0.3, -0.25) is 9.59 Å². The summed E-state index contributed by atoms with van der Waals surface area (Å²) in [6, 6.07) is 19.0. The standard InChI is InChI=1S/C20H18N2O4/c1-25-16-11-6-5-10-15(16)21-19(18(23)14-8-3-2-4-9-14)22-20(24)17-12-7-13-26-17/h2-13,19,21H,1H3,(H,22,24)/t19-/m1/s1. The Kier molecular flexibility index (Phi) is 5.34. The molecule has 132 valence electrons. The molecule has 0 aliphatic rings. The summed E-state index contributed by atoms with van der Waals surface area (Å²) in [5.74, 6) is -0.0913. The number of ether oxygens (including phenoxy) is 1. The number of amides is 1. The molecular weight excluding hydrogens is 332 g/mol. The number of furan rings is 1. The lowest BCUT2D eigenvalue weighted by molar-refractivity contribution is 0.0852. The van der Waals surface area contributed by atoms with Gasteiger partial charge in [0.05, 0.1) is 19.1 Å². The van der Waals surface area contributed by atoms with Crippen LogP contribution in [-0.2, 0) is 0 Å². The molecule has 0 fully saturated rings. The van der Waals surface area contributed by atoms with Crippen molar-refractivity contribution in [3.63, 3.8) is 0 Å². The van der Waals surface area contributed by atoms with E-state index in [0.717, 1.165) is 0 Å². The molecule has 26 heavy (non-hydrogen) atoms. The topological polar surface area (TPSA) is 80.6 Å². The normalized spacial score (nSPS) is 11.4. The fraction of sp³-hybridized carbons (Fsp3) is 0.100. The van der Waals surface area contributed by atoms with Crippen LogP contribution in [0.5, 0.6) is 5.75 Å². The quantitative estimate of drug-likeness (QED) is 0.505. The number of anilines is 1. The average molecular weight is 350 g/mol. The molecule has 0 aliphatic carbocycles. The predicted molar refractivity (Wildman–Crippen MR) is 97.4 cm³/mol. The van der Waals surface area contributed by atoms with Crippen molar-refractivity contribution in [2.45, 2.75) is 6.17 Å². The summed E-state index contributed by atoms with van der Waals surface area (Å²) in [5, 5.41) is 5.71. The van der Waals surface area contributed by atoms with E-state index in [1.807, 2.05) is 18.2 Å². The highest BCUT2D eigenvalue weighted by Crippen LogP contribution is 2.24. The molecule has 3 rings (SSSR count). The molecule has 0 saturated heterocycles. The molecular formula is C20H18N2O4. The molecule has 1 aromatic heterocycles. The summed E-state index contributed by atoms with van der Waals surface area (Å²) in [5.41, 5.74) is 1.06. The first kappa shape index (κ1) is 17.3. The van der Waals surface area contributed by atoms with Gasteiger partial charge in [0.25, 0.3) is 5.91 Å². The van der Waals surface area contributed by atoms with E-state index in [1.54, 1.807) is 42.5 Å². The SMILES string of the molecule is COc1ccccc1N[C@H](NC(=O)c1ccco1)C(=O)c1ccccc1. The first-order valence-corrected chi connectivity index (χ1v) is 8.02. The Balaban J connectivity index is 1.88. The minimum absolute atomic E-state index is 0.123. The Labute approximate surface area is 150 Å². The highest BCUT2D eigenvalue weighted by atomic mass is 16.5. The summed E-state index contributed by atoms with van der Waals surface area (Å²) < 4.78 is 10.4. The highest BCUT2D eigenvalue weighted by Gasteiger charge is 2.24. The Morgan fingerprint density at radius 3 is 2.38 bits per heavy atom. The largest absolute Gasteiger partial charge is 0.495 e. The number of hydrogen-bond acceptors (Lipinski definition) is 5. The molecule has 1 amide bonds. The maximum Gasteiger partial charge on any atom is 0.288 e. The van der Waals surface area contributed by atoms with Gasteiger partial charge in [-0.05, 0) is 24.3 Å². The van der Waals surface area contributed by atoms with Crippen LogP contribution in [0.2, 0.25) is 0 Å². The second-order valence-corrected chi connectivity index (χ2v) is 5.46. The van der Waals surface area contributed by atoms with E-state index in [9.17, 15) is 9.59 Å². The van der Waals surface area contributed by atoms with E-state index in [1.165, 1.54) is 19.4 Å². The van der Waals surface area contributed by atoms with E-state index in [2.05, 4.69) is 10.6 Å². The Hall–Kier alpha value is -3.54. The molecule has 6 heteroatoms. The Bertz CT molecular complexity index is 876. The molecule has 0 bridgehead atoms. The minimum atomic E-state index is -0.994. The average Bonchev–Trinajstić information content (AvgIpc) is 3.23. The maximum atomic E-state index is 12.9. The summed E-state index contributed by atoms with van der Waals surface area (Å²) >= 11 is 0. The maximum absolute atomic E-state index is 12.9. The van der Waals surface area contributed by atoms with Crippen LogP contribution < -0.4 is 15.4 Å². The zero-order chi connectivity index (χ0) is 18.4. The number of carbonyl (C=O) groups is 2. The van der Waals surface area contributed by atoms with Gasteiger partial charge >= 0.3 is 0 Å². The van der Waals surface area contributed by atoms with Crippen molar-refractivity contribution in [3.05, 3.63) is 84.3 Å². The summed E-state index contributed by atoms with van der Waals surface area (Å²) in [7, 11) is 1.54. The van der Waals surface area contributed by atoms with Crippen molar-refractivity contribution < 1.29 is 18.7 Å². The molecule has 0 saturated carbocycles. The number of carbonyl (C=O) groups excluding carboxylic acids is 2. The van der Waals surface area contributed by atoms with E-state index in [4.69, 9.17) is 9.15 Å². The molecule has 1 atom stereocenters. The molecule has 0 spiro atoms. The molecule has 0 aliphatic heterocycles. The molecule has 0 radical (unpaired) electrons. The number of para-hydroxylation sites is 2. The van der Waals surface area contributed by atoms with Crippen molar-refractivity contribution in [2.24, 2.45) is 0 Å². The van der Waals surface area contributed by atoms with Crippen LogP contribution in [0.15, 0.2) is 77.4 Å². The number of Topliss-reactive ketones (excluding diaryl/α,β-unsaturated/α-hetero) is 1. The highest BCUT2D eigenvalue weighted by molar-refractivity contribution is 6.04. The van der Waals surface area contributed by atoms with Crippen LogP contribution in [0.25, 0.3) is 0 Å². The summed E-state index contributed by atoms with van der Waals surface area (Å²) in [6.07, 6.45) is 0.405. The van der Waals surface area contributed by atoms with Gasteiger partial charge in [-0.1, -0.05) is 42.5 Å². The predicted octanol–water partition coefficient (Wildman–Crippen LogP) is 3.34. The Morgan fingerprint density at radius 2 is 1.69 bits per heavy atom. The molecule has 2 N–H and O–H groups in total. The van der Waals surface area contributed by atoms with Gasteiger partial charge in [-0.25, -0.2) is 0 Å². The van der Waals surface area contributed by atoms with Crippen molar-refractivity contribution >= 4 is 17.4 Å². The first-order valence-electron chi connectivity index (χ1n) is 8.02. The zero-order valence-electron chi connectivity index (χ0n) is 14.1. The van der Waals surface area contributed by atoms with E-state index < -0.39 is 12.1 Å². The van der Waals surface area contributed by atoms with Crippen LogP contribution in [-0.4, -0.2) is 25.0 Å². The molecule has 3 aromatic rings. The van der Waals surface area contributed by atoms with Crippen molar-refractivity contribution in [2.75, 3.05) is 12.4 Å². The lowest BCUT2D eigenvalue weighted by Gasteiger charge is -2.21. The monoisotopic (exact) mass is 350 g/mol. The van der Waals surface area contributed by atoms with E-state index >= 15 is 0 Å². The Morgan fingerprint density at radius 1 is 0.962 bits per heavy atom. The van der Waals surface area contributed by atoms with Gasteiger partial charge in [-0.15, -0.1) is 0 Å². The lowest BCUT2D eigenvalue weighted by Crippen LogP contribution is -2.46. The molecule has 1 heterocycles. The third-order valence-electron chi connectivity index (χ3n) is 3.75. The third-order valence-corrected chi connectivity index (χ3v) is 3.75. The minimum Gasteiger partial charge on any atom is -0.495 e. The number of ketones is 1. The fourth-order valence-corrected chi connectivity index (χ4v) is 2.47. The smallest absolute Gasteiger partial charge is 0.288 e. The fourth-order valence-electron chi connectivity index (χ4n) is 2.47. The first-order chi connectivity index (χ1) is 12.7. The van der Waals surface area contributed by atoms with Gasteiger partial charge < -0.3 is 19.8 Å². The molecule has 0 unspecified atom stereocenters. The van der Waals surface area contributed by atoms with Gasteiger partial charge in [0.2, 0.25) is 5.78 Å². The lowest BCUT2D eigenvalue weighted by atomic mass is 10.1. The third kappa shape index (κ3) is 3.92. The van der Waals surface area contributed by atoms with Crippen LogP contribution in [0.4, 0.5) is 5.69 Å². The van der Waals surface area contributed by atoms with Crippen LogP contribution in [0.1, 0.15) is 20.9 Å². The van der Waals surface area contributed by atoms with Crippen LogP contribution in [0.3, 0.4) is 0 Å². The number of nitrogens with one attached hydrogen (secondary N) is 2. The second kappa shape index (κ2) is 8.02. The molecule has 6 nitrogen and oxygen atoms in total. The van der Waals surface area contributed by atoms with Gasteiger partial charge in [0.15, 0.2) is 11.9 Å². The van der Waals surface area contributed by atoms with Gasteiger partial charge in [-0.2, -0.15) is 0 Å². The number of methoxy groups -OCH3 is 1. The molecule has 2 aromatic carbocycles. The van der Waals surface area contributed by atoms with E-state index in [-0.39, 0.29) is 11.5 Å². The summed E-state index contributed by atoms with van der Waals surface area (Å²) in [6.45, 7) is 0. The zero-order valence-corrected chi connectivity index (χ0v) is 14.1. The van der Waals surface area contributed by atoms with Gasteiger partial charge in [0, 0.05) is 5.56 Å². The van der Waals surface area contributed by atoms with Crippen LogP contribution in [0, 0.1) is 0 Å². The van der Waals surface area contributed by atoms with Gasteiger partial charge in [0.1, 0.15) is 5.75 Å². The van der Waals surface area contributed by atoms with E-state index in [0.29, 0.717) is 17.0 Å². The second-order valence-electron chi connectivity index (χ2n) is 5.46. The van der Waals surface area contributed by atoms with Crippen molar-refractivity contribution in [1.82, 2.24) is 5.32 Å². The van der Waals surface area contributed by atoms with Crippen LogP contribution >= 0.6 is 0 Å². The van der Waals surface area contributed by atoms with Crippen molar-refractivity contribution in [1.29, 1.82) is 0 Å². The van der Waals surface area contributed by atoms with Crippen molar-refractivity contribution in [3.8, 4) is 5.75 Å². The number of hydrogen-bond donors (Lipinski definition) is 2. The summed E-state index contributed by atoms with van der Waals surface area (Å²) in [4.78, 5) is 25.3.